The monoisotopic (exact) mass is 322 g/mol. The third-order valence-corrected chi connectivity index (χ3v) is 3.49. The van der Waals surface area contributed by atoms with Gasteiger partial charge >= 0.3 is 6.03 Å². The Morgan fingerprint density at radius 1 is 1.52 bits per heavy atom. The molecule has 0 bridgehead atoms. The zero-order valence-corrected chi connectivity index (χ0v) is 12.1. The number of urea groups is 1. The molecule has 1 aliphatic rings. The van der Waals surface area contributed by atoms with Crippen molar-refractivity contribution in [3.8, 4) is 5.69 Å². The summed E-state index contributed by atoms with van der Waals surface area (Å²) in [6.45, 7) is 0.843. The van der Waals surface area contributed by atoms with Crippen LogP contribution < -0.4 is 5.32 Å². The van der Waals surface area contributed by atoms with Crippen molar-refractivity contribution in [2.45, 2.75) is 6.04 Å². The molecule has 9 nitrogen and oxygen atoms in total. The Kier molecular flexibility index (Phi) is 4.44. The lowest BCUT2D eigenvalue weighted by molar-refractivity contribution is -0.00485. The Morgan fingerprint density at radius 2 is 2.39 bits per heavy atom. The maximum atomic E-state index is 14.1. The quantitative estimate of drug-likeness (QED) is 0.826. The average molecular weight is 322 g/mol. The number of carbonyl (C=O) groups is 1. The Balaban J connectivity index is 1.72. The van der Waals surface area contributed by atoms with Crippen LogP contribution in [0.2, 0.25) is 0 Å². The summed E-state index contributed by atoms with van der Waals surface area (Å²) in [5.74, 6) is -0.573. The minimum Gasteiger partial charge on any atom is -0.394 e. The summed E-state index contributed by atoms with van der Waals surface area (Å²) >= 11 is 0. The van der Waals surface area contributed by atoms with Gasteiger partial charge in [-0.2, -0.15) is 4.68 Å². The number of aromatic nitrogens is 4. The summed E-state index contributed by atoms with van der Waals surface area (Å²) in [5.41, 5.74) is 0.472. The van der Waals surface area contributed by atoms with Crippen LogP contribution in [0.1, 0.15) is 0 Å². The number of aliphatic hydroxyl groups excluding tert-OH is 1. The van der Waals surface area contributed by atoms with Crippen molar-refractivity contribution in [3.05, 3.63) is 30.3 Å². The van der Waals surface area contributed by atoms with Crippen LogP contribution in [-0.4, -0.2) is 68.7 Å². The molecule has 1 atom stereocenters. The van der Waals surface area contributed by atoms with E-state index in [4.69, 9.17) is 4.74 Å². The summed E-state index contributed by atoms with van der Waals surface area (Å²) < 4.78 is 20.5. The van der Waals surface area contributed by atoms with E-state index in [0.717, 1.165) is 0 Å². The van der Waals surface area contributed by atoms with Gasteiger partial charge in [0.25, 0.3) is 0 Å². The van der Waals surface area contributed by atoms with Crippen LogP contribution in [0.4, 0.5) is 14.9 Å². The number of halogens is 1. The molecule has 3 rings (SSSR count). The van der Waals surface area contributed by atoms with Crippen LogP contribution in [0.25, 0.3) is 5.69 Å². The van der Waals surface area contributed by atoms with E-state index >= 15 is 0 Å². The third kappa shape index (κ3) is 3.27. The van der Waals surface area contributed by atoms with Crippen molar-refractivity contribution in [1.29, 1.82) is 0 Å². The summed E-state index contributed by atoms with van der Waals surface area (Å²) in [7, 11) is 0. The number of nitrogens with one attached hydrogen (secondary N) is 1. The third-order valence-electron chi connectivity index (χ3n) is 3.49. The lowest BCUT2D eigenvalue weighted by atomic mass is 10.2. The van der Waals surface area contributed by atoms with E-state index < -0.39 is 17.9 Å². The van der Waals surface area contributed by atoms with Gasteiger partial charge in [-0.05, 0) is 28.6 Å². The zero-order valence-electron chi connectivity index (χ0n) is 12.1. The van der Waals surface area contributed by atoms with Crippen LogP contribution in [0.5, 0.6) is 0 Å². The van der Waals surface area contributed by atoms with Crippen molar-refractivity contribution in [2.75, 3.05) is 31.7 Å². The van der Waals surface area contributed by atoms with Crippen LogP contribution in [-0.2, 0) is 4.74 Å². The number of aliphatic hydroxyl groups is 1. The second kappa shape index (κ2) is 6.67. The van der Waals surface area contributed by atoms with Gasteiger partial charge in [-0.3, -0.25) is 0 Å². The number of hydrogen-bond acceptors (Lipinski definition) is 6. The molecule has 0 aliphatic carbocycles. The highest BCUT2D eigenvalue weighted by Gasteiger charge is 2.26. The molecule has 1 aromatic carbocycles. The molecule has 1 fully saturated rings. The molecule has 1 aliphatic heterocycles. The molecule has 0 unspecified atom stereocenters. The molecular formula is C13H15FN6O3. The molecule has 2 N–H and O–H groups in total. The van der Waals surface area contributed by atoms with Crippen LogP contribution in [0.15, 0.2) is 24.5 Å². The molecule has 2 aromatic rings. The zero-order chi connectivity index (χ0) is 16.2. The average Bonchev–Trinajstić information content (AvgIpc) is 3.09. The second-order valence-corrected chi connectivity index (χ2v) is 4.96. The molecule has 10 heteroatoms. The molecule has 0 saturated carbocycles. The van der Waals surface area contributed by atoms with Gasteiger partial charge in [0.2, 0.25) is 0 Å². The van der Waals surface area contributed by atoms with Crippen molar-refractivity contribution in [2.24, 2.45) is 0 Å². The van der Waals surface area contributed by atoms with Gasteiger partial charge in [0, 0.05) is 12.2 Å². The van der Waals surface area contributed by atoms with Gasteiger partial charge in [-0.25, -0.2) is 9.18 Å². The number of anilines is 1. The van der Waals surface area contributed by atoms with Crippen molar-refractivity contribution >= 4 is 11.7 Å². The molecule has 23 heavy (non-hydrogen) atoms. The Labute approximate surface area is 130 Å². The lowest BCUT2D eigenvalue weighted by Gasteiger charge is -2.34. The topological polar surface area (TPSA) is 105 Å². The molecule has 1 saturated heterocycles. The molecule has 0 radical (unpaired) electrons. The van der Waals surface area contributed by atoms with Gasteiger partial charge in [0.15, 0.2) is 5.82 Å². The Morgan fingerprint density at radius 3 is 3.09 bits per heavy atom. The number of morpholine rings is 1. The molecule has 2 amide bonds. The Bertz CT molecular complexity index is 680. The summed E-state index contributed by atoms with van der Waals surface area (Å²) in [5, 5.41) is 22.4. The second-order valence-electron chi connectivity index (χ2n) is 4.96. The first-order chi connectivity index (χ1) is 11.2. The number of tetrazole rings is 1. The lowest BCUT2D eigenvalue weighted by Crippen LogP contribution is -2.52. The number of benzene rings is 1. The fourth-order valence-corrected chi connectivity index (χ4v) is 2.31. The summed E-state index contributed by atoms with van der Waals surface area (Å²) in [6.07, 6.45) is 1.27. The number of carbonyl (C=O) groups excluding carboxylic acids is 1. The smallest absolute Gasteiger partial charge is 0.322 e. The van der Waals surface area contributed by atoms with E-state index in [1.54, 1.807) is 6.07 Å². The van der Waals surface area contributed by atoms with Gasteiger partial charge in [-0.1, -0.05) is 0 Å². The highest BCUT2D eigenvalue weighted by molar-refractivity contribution is 5.89. The molecule has 1 aromatic heterocycles. The first-order valence-electron chi connectivity index (χ1n) is 6.98. The van der Waals surface area contributed by atoms with E-state index in [1.807, 2.05) is 0 Å². The molecular weight excluding hydrogens is 307 g/mol. The normalized spacial score (nSPS) is 18.0. The molecule has 0 spiro atoms. The highest BCUT2D eigenvalue weighted by Crippen LogP contribution is 2.18. The first kappa shape index (κ1) is 15.3. The highest BCUT2D eigenvalue weighted by atomic mass is 19.1. The van der Waals surface area contributed by atoms with Gasteiger partial charge in [0.1, 0.15) is 12.0 Å². The van der Waals surface area contributed by atoms with Crippen LogP contribution >= 0.6 is 0 Å². The summed E-state index contributed by atoms with van der Waals surface area (Å²) in [4.78, 5) is 13.7. The number of amides is 2. The summed E-state index contributed by atoms with van der Waals surface area (Å²) in [6, 6.07) is 3.37. The molecule has 122 valence electrons. The number of ether oxygens (including phenoxy) is 1. The SMILES string of the molecule is O=C(Nc1ccc(-n2cnnn2)c(F)c1)N1CCOC[C@H]1CO. The minimum absolute atomic E-state index is 0.174. The fourth-order valence-electron chi connectivity index (χ4n) is 2.31. The predicted molar refractivity (Wildman–Crippen MR) is 76.5 cm³/mol. The van der Waals surface area contributed by atoms with Gasteiger partial charge in [-0.15, -0.1) is 5.10 Å². The minimum atomic E-state index is -0.573. The Hall–Kier alpha value is -2.59. The number of hydrogen-bond donors (Lipinski definition) is 2. The fraction of sp³-hybridized carbons (Fsp3) is 0.385. The van der Waals surface area contributed by atoms with Crippen molar-refractivity contribution in [1.82, 2.24) is 25.1 Å². The van der Waals surface area contributed by atoms with E-state index in [-0.39, 0.29) is 18.9 Å². The number of nitrogens with zero attached hydrogens (tertiary/aromatic N) is 5. The van der Waals surface area contributed by atoms with E-state index in [9.17, 15) is 14.3 Å². The van der Waals surface area contributed by atoms with Crippen molar-refractivity contribution in [3.63, 3.8) is 0 Å². The standard InChI is InChI=1S/C13H15FN6O3/c14-11-5-9(1-2-12(11)20-8-15-17-18-20)16-13(22)19-3-4-23-7-10(19)6-21/h1-2,5,8,10,21H,3-4,6-7H2,(H,16,22)/t10-/m1/s1. The molecule has 2 heterocycles. The van der Waals surface area contributed by atoms with Crippen molar-refractivity contribution < 1.29 is 19.0 Å². The predicted octanol–water partition coefficient (Wildman–Crippen LogP) is 0.0264. The van der Waals surface area contributed by atoms with E-state index in [2.05, 4.69) is 20.8 Å². The number of rotatable bonds is 3. The maximum absolute atomic E-state index is 14.1. The van der Waals surface area contributed by atoms with Crippen LogP contribution in [0.3, 0.4) is 0 Å². The van der Waals surface area contributed by atoms with Gasteiger partial charge in [0.05, 0.1) is 25.9 Å². The largest absolute Gasteiger partial charge is 0.394 e. The maximum Gasteiger partial charge on any atom is 0.322 e. The first-order valence-corrected chi connectivity index (χ1v) is 6.98. The van der Waals surface area contributed by atoms with E-state index in [0.29, 0.717) is 18.8 Å². The van der Waals surface area contributed by atoms with Gasteiger partial charge < -0.3 is 20.1 Å². The van der Waals surface area contributed by atoms with E-state index in [1.165, 1.54) is 28.0 Å². The van der Waals surface area contributed by atoms with Crippen LogP contribution in [0, 0.1) is 5.82 Å².